The Morgan fingerprint density at radius 3 is 2.52 bits per heavy atom. The zero-order chi connectivity index (χ0) is 16.1. The van der Waals surface area contributed by atoms with E-state index in [0.29, 0.717) is 5.56 Å². The molecule has 0 radical (unpaired) electrons. The van der Waals surface area contributed by atoms with E-state index in [1.807, 2.05) is 0 Å². The molecule has 6 nitrogen and oxygen atoms in total. The number of nitrogens with one attached hydrogen (secondary N) is 1. The lowest BCUT2D eigenvalue weighted by Crippen LogP contribution is -2.32. The van der Waals surface area contributed by atoms with Crippen molar-refractivity contribution >= 4 is 22.2 Å². The Labute approximate surface area is 125 Å². The molecule has 0 spiro atoms. The number of benzene rings is 1. The van der Waals surface area contributed by atoms with E-state index in [1.54, 1.807) is 51.1 Å². The molecule has 1 aromatic carbocycles. The summed E-state index contributed by atoms with van der Waals surface area (Å²) in [5, 5.41) is 7.67. The lowest BCUT2D eigenvalue weighted by Gasteiger charge is -2.19. The molecule has 1 aromatic rings. The molecule has 0 bridgehead atoms. The number of ether oxygens (including phenoxy) is 1. The minimum atomic E-state index is -3.77. The largest absolute Gasteiger partial charge is 0.444 e. The van der Waals surface area contributed by atoms with E-state index in [1.165, 1.54) is 6.07 Å². The first-order valence-corrected chi connectivity index (χ1v) is 7.89. The predicted molar refractivity (Wildman–Crippen MR) is 81.1 cm³/mol. The third-order valence-electron chi connectivity index (χ3n) is 2.29. The highest BCUT2D eigenvalue weighted by atomic mass is 32.2. The lowest BCUT2D eigenvalue weighted by molar-refractivity contribution is 0.0534. The van der Waals surface area contributed by atoms with Gasteiger partial charge >= 0.3 is 6.09 Å². The molecule has 0 saturated heterocycles. The van der Waals surface area contributed by atoms with Crippen LogP contribution in [0.5, 0.6) is 0 Å². The van der Waals surface area contributed by atoms with Crippen LogP contribution in [0.25, 0.3) is 6.08 Å². The van der Waals surface area contributed by atoms with Gasteiger partial charge in [-0.3, -0.25) is 0 Å². The number of nitrogens with two attached hydrogens (primary N) is 1. The predicted octanol–water partition coefficient (Wildman–Crippen LogP) is 1.87. The molecule has 0 aromatic heterocycles. The van der Waals surface area contributed by atoms with E-state index in [4.69, 9.17) is 9.88 Å². The van der Waals surface area contributed by atoms with Crippen molar-refractivity contribution in [2.24, 2.45) is 5.14 Å². The maximum atomic E-state index is 11.4. The summed E-state index contributed by atoms with van der Waals surface area (Å²) < 4.78 is 27.9. The second-order valence-electron chi connectivity index (χ2n) is 5.37. The average molecular weight is 312 g/mol. The number of hydrogen-bond acceptors (Lipinski definition) is 4. The maximum absolute atomic E-state index is 11.4. The summed E-state index contributed by atoms with van der Waals surface area (Å²) in [5.41, 5.74) is -0.0976. The Balaban J connectivity index is 2.65. The molecule has 0 fully saturated rings. The Bertz CT molecular complexity index is 631. The number of alkyl carbamates (subject to hydrolysis) is 1. The summed E-state index contributed by atoms with van der Waals surface area (Å²) in [6.07, 6.45) is 2.66. The number of amides is 1. The molecule has 0 aliphatic carbocycles. The van der Waals surface area contributed by atoms with Crippen LogP contribution >= 0.6 is 0 Å². The SMILES string of the molecule is CC(C)(C)OC(=O)NCC=Cc1ccccc1S(N)(=O)=O. The minimum Gasteiger partial charge on any atom is -0.444 e. The summed E-state index contributed by atoms with van der Waals surface area (Å²) in [6, 6.07) is 6.35. The lowest BCUT2D eigenvalue weighted by atomic mass is 10.2. The van der Waals surface area contributed by atoms with Crippen LogP contribution in [-0.2, 0) is 14.8 Å². The fourth-order valence-corrected chi connectivity index (χ4v) is 2.25. The number of rotatable bonds is 4. The second-order valence-corrected chi connectivity index (χ2v) is 6.90. The Kier molecular flexibility index (Phi) is 5.51. The Morgan fingerprint density at radius 1 is 1.33 bits per heavy atom. The highest BCUT2D eigenvalue weighted by molar-refractivity contribution is 7.89. The van der Waals surface area contributed by atoms with Gasteiger partial charge in [0.2, 0.25) is 10.0 Å². The molecule has 3 N–H and O–H groups in total. The summed E-state index contributed by atoms with van der Waals surface area (Å²) in [7, 11) is -3.77. The van der Waals surface area contributed by atoms with E-state index in [9.17, 15) is 13.2 Å². The van der Waals surface area contributed by atoms with Gasteiger partial charge < -0.3 is 10.1 Å². The number of carbonyl (C=O) groups is 1. The maximum Gasteiger partial charge on any atom is 0.407 e. The van der Waals surface area contributed by atoms with Crippen LogP contribution in [0.3, 0.4) is 0 Å². The molecule has 1 rings (SSSR count). The van der Waals surface area contributed by atoms with Crippen molar-refractivity contribution in [2.75, 3.05) is 6.54 Å². The van der Waals surface area contributed by atoms with E-state index >= 15 is 0 Å². The molecular formula is C14H20N2O4S. The van der Waals surface area contributed by atoms with Gasteiger partial charge in [0, 0.05) is 6.54 Å². The molecule has 7 heteroatoms. The quantitative estimate of drug-likeness (QED) is 0.886. The van der Waals surface area contributed by atoms with Crippen LogP contribution < -0.4 is 10.5 Å². The van der Waals surface area contributed by atoms with Gasteiger partial charge in [-0.2, -0.15) is 0 Å². The number of primary sulfonamides is 1. The monoisotopic (exact) mass is 312 g/mol. The molecule has 0 unspecified atom stereocenters. The fraction of sp³-hybridized carbons (Fsp3) is 0.357. The summed E-state index contributed by atoms with van der Waals surface area (Å²) >= 11 is 0. The second kappa shape index (κ2) is 6.73. The smallest absolute Gasteiger partial charge is 0.407 e. The van der Waals surface area contributed by atoms with Crippen molar-refractivity contribution in [3.8, 4) is 0 Å². The Hall–Kier alpha value is -1.86. The molecule has 116 valence electrons. The van der Waals surface area contributed by atoms with E-state index in [-0.39, 0.29) is 11.4 Å². The Morgan fingerprint density at radius 2 is 1.95 bits per heavy atom. The molecule has 21 heavy (non-hydrogen) atoms. The highest BCUT2D eigenvalue weighted by Gasteiger charge is 2.15. The van der Waals surface area contributed by atoms with Crippen molar-refractivity contribution in [3.05, 3.63) is 35.9 Å². The third-order valence-corrected chi connectivity index (χ3v) is 3.27. The van der Waals surface area contributed by atoms with Crippen LogP contribution in [0, 0.1) is 0 Å². The molecule has 0 aliphatic rings. The first-order chi connectivity index (χ1) is 9.59. The van der Waals surface area contributed by atoms with E-state index < -0.39 is 21.7 Å². The van der Waals surface area contributed by atoms with Gasteiger partial charge in [-0.25, -0.2) is 18.4 Å². The molecule has 1 amide bonds. The van der Waals surface area contributed by atoms with Gasteiger partial charge in [0.25, 0.3) is 0 Å². The normalized spacial score (nSPS) is 12.4. The topological polar surface area (TPSA) is 98.5 Å². The van der Waals surface area contributed by atoms with Crippen LogP contribution in [0.1, 0.15) is 26.3 Å². The van der Waals surface area contributed by atoms with Crippen molar-refractivity contribution in [3.63, 3.8) is 0 Å². The first-order valence-electron chi connectivity index (χ1n) is 6.35. The van der Waals surface area contributed by atoms with Crippen LogP contribution in [-0.4, -0.2) is 26.7 Å². The highest BCUT2D eigenvalue weighted by Crippen LogP contribution is 2.15. The molecular weight excluding hydrogens is 292 g/mol. The van der Waals surface area contributed by atoms with Crippen molar-refractivity contribution in [1.29, 1.82) is 0 Å². The number of hydrogen-bond donors (Lipinski definition) is 2. The third kappa shape index (κ3) is 6.42. The van der Waals surface area contributed by atoms with E-state index in [2.05, 4.69) is 5.32 Å². The first kappa shape index (κ1) is 17.2. The average Bonchev–Trinajstić information content (AvgIpc) is 2.32. The minimum absolute atomic E-state index is 0.0403. The molecule has 0 saturated carbocycles. The zero-order valence-electron chi connectivity index (χ0n) is 12.3. The fourth-order valence-electron chi connectivity index (χ4n) is 1.52. The van der Waals surface area contributed by atoms with Gasteiger partial charge in [0.15, 0.2) is 0 Å². The van der Waals surface area contributed by atoms with Crippen LogP contribution in [0.4, 0.5) is 4.79 Å². The number of sulfonamides is 1. The van der Waals surface area contributed by atoms with Gasteiger partial charge in [-0.05, 0) is 32.4 Å². The van der Waals surface area contributed by atoms with Gasteiger partial charge in [0.05, 0.1) is 4.90 Å². The van der Waals surface area contributed by atoms with Gasteiger partial charge in [-0.15, -0.1) is 0 Å². The molecule has 0 atom stereocenters. The molecule has 0 aliphatic heterocycles. The van der Waals surface area contributed by atoms with Gasteiger partial charge in [0.1, 0.15) is 5.60 Å². The van der Waals surface area contributed by atoms with Crippen molar-refractivity contribution in [1.82, 2.24) is 5.32 Å². The van der Waals surface area contributed by atoms with Gasteiger partial charge in [-0.1, -0.05) is 30.4 Å². The molecule has 0 heterocycles. The number of carbonyl (C=O) groups excluding carboxylic acids is 1. The van der Waals surface area contributed by atoms with Crippen molar-refractivity contribution in [2.45, 2.75) is 31.3 Å². The summed E-state index contributed by atoms with van der Waals surface area (Å²) in [4.78, 5) is 11.5. The van der Waals surface area contributed by atoms with Crippen LogP contribution in [0.2, 0.25) is 0 Å². The van der Waals surface area contributed by atoms with Crippen LogP contribution in [0.15, 0.2) is 35.2 Å². The van der Waals surface area contributed by atoms with E-state index in [0.717, 1.165) is 0 Å². The summed E-state index contributed by atoms with van der Waals surface area (Å²) in [6.45, 7) is 5.52. The standard InChI is InChI=1S/C14H20N2O4S/c1-14(2,3)20-13(17)16-10-6-8-11-7-4-5-9-12(11)21(15,18)19/h4-9H,10H2,1-3H3,(H,16,17)(H2,15,18,19). The summed E-state index contributed by atoms with van der Waals surface area (Å²) in [5.74, 6) is 0. The van der Waals surface area contributed by atoms with Crippen molar-refractivity contribution < 1.29 is 17.9 Å². The zero-order valence-corrected chi connectivity index (χ0v) is 13.1.